The maximum Gasteiger partial charge on any atom is 0.389 e. The van der Waals surface area contributed by atoms with Gasteiger partial charge in [-0.25, -0.2) is 0 Å². The summed E-state index contributed by atoms with van der Waals surface area (Å²) in [4.78, 5) is 0. The summed E-state index contributed by atoms with van der Waals surface area (Å²) < 4.78 is 37.6. The zero-order chi connectivity index (χ0) is 13.8. The summed E-state index contributed by atoms with van der Waals surface area (Å²) in [6.07, 6.45) is -4.99. The number of hydrogen-bond acceptors (Lipinski definition) is 1. The van der Waals surface area contributed by atoms with Gasteiger partial charge in [0.2, 0.25) is 0 Å². The van der Waals surface area contributed by atoms with Gasteiger partial charge in [0, 0.05) is 22.0 Å². The molecule has 1 N–H and O–H groups in total. The lowest BCUT2D eigenvalue weighted by atomic mass is 10.0. The van der Waals surface area contributed by atoms with Gasteiger partial charge in [-0.1, -0.05) is 34.5 Å². The fraction of sp³-hybridized carbons (Fsp3) is 0.500. The van der Waals surface area contributed by atoms with E-state index in [2.05, 4.69) is 21.2 Å². The van der Waals surface area contributed by atoms with Crippen molar-refractivity contribution in [2.24, 2.45) is 0 Å². The van der Waals surface area contributed by atoms with Crippen LogP contribution in [0, 0.1) is 0 Å². The molecule has 0 amide bonds. The van der Waals surface area contributed by atoms with Crippen LogP contribution in [0.5, 0.6) is 0 Å². The minimum atomic E-state index is -4.15. The predicted molar refractivity (Wildman–Crippen MR) is 70.9 cm³/mol. The first-order chi connectivity index (χ1) is 8.33. The quantitative estimate of drug-likeness (QED) is 0.784. The van der Waals surface area contributed by atoms with Crippen molar-refractivity contribution in [3.63, 3.8) is 0 Å². The molecule has 1 atom stereocenters. The first-order valence-corrected chi connectivity index (χ1v) is 6.75. The fourth-order valence-electron chi connectivity index (χ4n) is 1.70. The van der Waals surface area contributed by atoms with Gasteiger partial charge in [-0.15, -0.1) is 0 Å². The van der Waals surface area contributed by atoms with E-state index in [4.69, 9.17) is 11.6 Å². The van der Waals surface area contributed by atoms with E-state index in [0.717, 1.165) is 4.47 Å². The summed E-state index contributed by atoms with van der Waals surface area (Å²) in [5, 5.41) is 3.51. The van der Waals surface area contributed by atoms with Gasteiger partial charge in [-0.05, 0) is 36.7 Å². The van der Waals surface area contributed by atoms with Crippen LogP contribution in [-0.2, 0) is 0 Å². The maximum absolute atomic E-state index is 12.3. The second-order valence-electron chi connectivity index (χ2n) is 3.93. The van der Waals surface area contributed by atoms with Crippen molar-refractivity contribution in [2.45, 2.75) is 32.0 Å². The second-order valence-corrected chi connectivity index (χ2v) is 5.25. The van der Waals surface area contributed by atoms with E-state index in [1.165, 1.54) is 0 Å². The highest BCUT2D eigenvalue weighted by molar-refractivity contribution is 9.10. The molecule has 1 unspecified atom stereocenters. The average molecular weight is 345 g/mol. The molecular formula is C12H14BrClF3N. The minimum Gasteiger partial charge on any atom is -0.310 e. The Kier molecular flexibility index (Phi) is 5.95. The average Bonchev–Trinajstić information content (AvgIpc) is 2.26. The molecule has 0 bridgehead atoms. The molecule has 0 heterocycles. The molecule has 18 heavy (non-hydrogen) atoms. The number of alkyl halides is 3. The standard InChI is InChI=1S/C12H14BrClF3N/c1-2-18-11(5-6-12(15,16)17)9-7-8(13)3-4-10(9)14/h3-4,7,11,18H,2,5-6H2,1H3. The number of rotatable bonds is 5. The van der Waals surface area contributed by atoms with Crippen molar-refractivity contribution >= 4 is 27.5 Å². The van der Waals surface area contributed by atoms with Crippen LogP contribution in [0.2, 0.25) is 5.02 Å². The Bertz CT molecular complexity index is 395. The van der Waals surface area contributed by atoms with Crippen LogP contribution in [-0.4, -0.2) is 12.7 Å². The van der Waals surface area contributed by atoms with E-state index >= 15 is 0 Å². The molecular weight excluding hydrogens is 330 g/mol. The highest BCUT2D eigenvalue weighted by atomic mass is 79.9. The highest BCUT2D eigenvalue weighted by Crippen LogP contribution is 2.32. The van der Waals surface area contributed by atoms with Crippen molar-refractivity contribution in [1.29, 1.82) is 0 Å². The maximum atomic E-state index is 12.3. The zero-order valence-corrected chi connectivity index (χ0v) is 12.2. The zero-order valence-electron chi connectivity index (χ0n) is 9.82. The molecule has 0 saturated heterocycles. The molecule has 0 spiro atoms. The normalized spacial score (nSPS) is 13.7. The third-order valence-corrected chi connectivity index (χ3v) is 3.34. The highest BCUT2D eigenvalue weighted by Gasteiger charge is 2.29. The third kappa shape index (κ3) is 5.16. The number of hydrogen-bond donors (Lipinski definition) is 1. The summed E-state index contributed by atoms with van der Waals surface area (Å²) in [5.41, 5.74) is 0.692. The molecule has 0 aliphatic carbocycles. The van der Waals surface area contributed by atoms with Gasteiger partial charge in [0.25, 0.3) is 0 Å². The molecule has 102 valence electrons. The van der Waals surface area contributed by atoms with Crippen LogP contribution < -0.4 is 5.32 Å². The van der Waals surface area contributed by atoms with Crippen LogP contribution in [0.25, 0.3) is 0 Å². The van der Waals surface area contributed by atoms with E-state index < -0.39 is 12.6 Å². The lowest BCUT2D eigenvalue weighted by Crippen LogP contribution is -2.23. The Morgan fingerprint density at radius 1 is 1.39 bits per heavy atom. The van der Waals surface area contributed by atoms with Crippen LogP contribution in [0.1, 0.15) is 31.4 Å². The van der Waals surface area contributed by atoms with E-state index in [9.17, 15) is 13.2 Å². The van der Waals surface area contributed by atoms with E-state index in [1.807, 2.05) is 6.92 Å². The Labute approximate surface area is 118 Å². The van der Waals surface area contributed by atoms with Crippen LogP contribution in [0.15, 0.2) is 22.7 Å². The molecule has 0 aliphatic rings. The molecule has 1 aromatic rings. The Hall–Kier alpha value is -0.260. The van der Waals surface area contributed by atoms with Gasteiger partial charge in [0.05, 0.1) is 0 Å². The fourth-order valence-corrected chi connectivity index (χ4v) is 2.33. The summed E-state index contributed by atoms with van der Waals surface area (Å²) in [5.74, 6) is 0. The third-order valence-electron chi connectivity index (χ3n) is 2.50. The Morgan fingerprint density at radius 3 is 2.61 bits per heavy atom. The second kappa shape index (κ2) is 6.78. The van der Waals surface area contributed by atoms with Gasteiger partial charge in [-0.3, -0.25) is 0 Å². The molecule has 1 rings (SSSR count). The SMILES string of the molecule is CCNC(CCC(F)(F)F)c1cc(Br)ccc1Cl. The van der Waals surface area contributed by atoms with Gasteiger partial charge in [-0.2, -0.15) is 13.2 Å². The molecule has 0 aromatic heterocycles. The molecule has 0 aliphatic heterocycles. The number of halogens is 5. The predicted octanol–water partition coefficient (Wildman–Crippen LogP) is 5.10. The smallest absolute Gasteiger partial charge is 0.310 e. The van der Waals surface area contributed by atoms with Crippen molar-refractivity contribution < 1.29 is 13.2 Å². The summed E-state index contributed by atoms with van der Waals surface area (Å²) in [6.45, 7) is 2.44. The van der Waals surface area contributed by atoms with Crippen LogP contribution >= 0.6 is 27.5 Å². The van der Waals surface area contributed by atoms with Crippen molar-refractivity contribution in [3.8, 4) is 0 Å². The van der Waals surface area contributed by atoms with Crippen molar-refractivity contribution in [3.05, 3.63) is 33.3 Å². The largest absolute Gasteiger partial charge is 0.389 e. The first kappa shape index (κ1) is 15.8. The Morgan fingerprint density at radius 2 is 2.06 bits per heavy atom. The van der Waals surface area contributed by atoms with E-state index in [0.29, 0.717) is 17.1 Å². The molecule has 6 heteroatoms. The molecule has 1 aromatic carbocycles. The Balaban J connectivity index is 2.86. The van der Waals surface area contributed by atoms with Crippen LogP contribution in [0.4, 0.5) is 13.2 Å². The molecule has 0 saturated carbocycles. The van der Waals surface area contributed by atoms with Gasteiger partial charge >= 0.3 is 6.18 Å². The van der Waals surface area contributed by atoms with E-state index in [1.54, 1.807) is 18.2 Å². The lowest BCUT2D eigenvalue weighted by molar-refractivity contribution is -0.136. The van der Waals surface area contributed by atoms with E-state index in [-0.39, 0.29) is 12.5 Å². The van der Waals surface area contributed by atoms with Crippen molar-refractivity contribution in [1.82, 2.24) is 5.32 Å². The van der Waals surface area contributed by atoms with Crippen LogP contribution in [0.3, 0.4) is 0 Å². The summed E-state index contributed by atoms with van der Waals surface area (Å²) >= 11 is 9.33. The van der Waals surface area contributed by atoms with Gasteiger partial charge in [0.15, 0.2) is 0 Å². The molecule has 1 nitrogen and oxygen atoms in total. The molecule has 0 radical (unpaired) electrons. The van der Waals surface area contributed by atoms with Crippen molar-refractivity contribution in [2.75, 3.05) is 6.54 Å². The monoisotopic (exact) mass is 343 g/mol. The lowest BCUT2D eigenvalue weighted by Gasteiger charge is -2.20. The van der Waals surface area contributed by atoms with Gasteiger partial charge in [0.1, 0.15) is 0 Å². The summed E-state index contributed by atoms with van der Waals surface area (Å²) in [7, 11) is 0. The topological polar surface area (TPSA) is 12.0 Å². The van der Waals surface area contributed by atoms with Gasteiger partial charge < -0.3 is 5.32 Å². The number of benzene rings is 1. The first-order valence-electron chi connectivity index (χ1n) is 5.58. The molecule has 0 fully saturated rings. The minimum absolute atomic E-state index is 0.0203. The summed E-state index contributed by atoms with van der Waals surface area (Å²) in [6, 6.07) is 4.81. The number of nitrogens with one attached hydrogen (secondary N) is 1.